The van der Waals surface area contributed by atoms with E-state index in [4.69, 9.17) is 5.11 Å². The first-order valence-electron chi connectivity index (χ1n) is 5.16. The van der Waals surface area contributed by atoms with Crippen LogP contribution in [0.1, 0.15) is 39.0 Å². The molecule has 1 aliphatic heterocycles. The van der Waals surface area contributed by atoms with E-state index in [0.29, 0.717) is 0 Å². The van der Waals surface area contributed by atoms with Crippen LogP contribution in [0, 0.1) is 0 Å². The third-order valence-electron chi connectivity index (χ3n) is 2.73. The third-order valence-corrected chi connectivity index (χ3v) is 2.73. The summed E-state index contributed by atoms with van der Waals surface area (Å²) in [7, 11) is 0. The molecule has 3 heteroatoms. The Balaban J connectivity index is 2.34. The first-order valence-corrected chi connectivity index (χ1v) is 5.16. The molecular formula is C10H19NO2. The van der Waals surface area contributed by atoms with Gasteiger partial charge in [-0.3, -0.25) is 4.79 Å². The lowest BCUT2D eigenvalue weighted by Crippen LogP contribution is -2.35. The van der Waals surface area contributed by atoms with Gasteiger partial charge in [-0.25, -0.2) is 0 Å². The van der Waals surface area contributed by atoms with Crippen molar-refractivity contribution in [2.45, 2.75) is 45.1 Å². The summed E-state index contributed by atoms with van der Waals surface area (Å²) in [5.41, 5.74) is 0. The lowest BCUT2D eigenvalue weighted by molar-refractivity contribution is -0.138. The van der Waals surface area contributed by atoms with E-state index >= 15 is 0 Å². The summed E-state index contributed by atoms with van der Waals surface area (Å²) < 4.78 is 0. The van der Waals surface area contributed by atoms with Crippen molar-refractivity contribution in [3.05, 3.63) is 0 Å². The van der Waals surface area contributed by atoms with Crippen LogP contribution in [0.15, 0.2) is 0 Å². The van der Waals surface area contributed by atoms with Gasteiger partial charge in [-0.2, -0.15) is 0 Å². The summed E-state index contributed by atoms with van der Waals surface area (Å²) >= 11 is 0. The second-order valence-corrected chi connectivity index (χ2v) is 3.90. The maximum Gasteiger partial charge on any atom is 0.304 e. The number of likely N-dealkylation sites (tertiary alicyclic amines) is 1. The van der Waals surface area contributed by atoms with Crippen LogP contribution in [0.25, 0.3) is 0 Å². The standard InChI is InChI=1S/C10H19NO2/c1-9(8-10(12)13)11-6-4-2-3-5-7-11/h9H,2-8H2,1H3,(H,12,13). The second-order valence-electron chi connectivity index (χ2n) is 3.90. The minimum Gasteiger partial charge on any atom is -0.481 e. The summed E-state index contributed by atoms with van der Waals surface area (Å²) in [5.74, 6) is -0.684. The monoisotopic (exact) mass is 185 g/mol. The van der Waals surface area contributed by atoms with E-state index in [1.165, 1.54) is 25.7 Å². The Labute approximate surface area is 79.7 Å². The van der Waals surface area contributed by atoms with Crippen molar-refractivity contribution in [1.29, 1.82) is 0 Å². The zero-order valence-corrected chi connectivity index (χ0v) is 8.33. The SMILES string of the molecule is CC(CC(=O)O)N1CCCCCC1. The molecule has 13 heavy (non-hydrogen) atoms. The predicted octanol–water partition coefficient (Wildman–Crippen LogP) is 1.73. The van der Waals surface area contributed by atoms with E-state index in [2.05, 4.69) is 4.90 Å². The molecule has 1 atom stereocenters. The molecule has 1 fully saturated rings. The number of rotatable bonds is 3. The van der Waals surface area contributed by atoms with E-state index in [9.17, 15) is 4.79 Å². The molecule has 0 aliphatic carbocycles. The highest BCUT2D eigenvalue weighted by molar-refractivity contribution is 5.67. The molecule has 76 valence electrons. The summed E-state index contributed by atoms with van der Waals surface area (Å²) in [6.07, 6.45) is 5.33. The molecule has 0 amide bonds. The van der Waals surface area contributed by atoms with Gasteiger partial charge in [0.15, 0.2) is 0 Å². The van der Waals surface area contributed by atoms with Crippen LogP contribution in [0.4, 0.5) is 0 Å². The van der Waals surface area contributed by atoms with Gasteiger partial charge in [0, 0.05) is 6.04 Å². The van der Waals surface area contributed by atoms with E-state index in [-0.39, 0.29) is 12.5 Å². The zero-order chi connectivity index (χ0) is 9.68. The van der Waals surface area contributed by atoms with Gasteiger partial charge < -0.3 is 10.0 Å². The molecule has 0 bridgehead atoms. The number of carbonyl (C=O) groups is 1. The van der Waals surface area contributed by atoms with Gasteiger partial charge >= 0.3 is 5.97 Å². The number of hydrogen-bond acceptors (Lipinski definition) is 2. The maximum atomic E-state index is 10.5. The van der Waals surface area contributed by atoms with Crippen LogP contribution in [-0.2, 0) is 4.79 Å². The third kappa shape index (κ3) is 3.77. The first-order chi connectivity index (χ1) is 6.20. The van der Waals surface area contributed by atoms with Gasteiger partial charge in [0.05, 0.1) is 6.42 Å². The minimum absolute atomic E-state index is 0.204. The summed E-state index contributed by atoms with van der Waals surface area (Å²) in [6, 6.07) is 0.204. The van der Waals surface area contributed by atoms with Crippen molar-refractivity contribution in [2.75, 3.05) is 13.1 Å². The molecular weight excluding hydrogens is 166 g/mol. The Bertz CT molecular complexity index is 162. The molecule has 0 spiro atoms. The van der Waals surface area contributed by atoms with Crippen molar-refractivity contribution in [2.24, 2.45) is 0 Å². The number of hydrogen-bond donors (Lipinski definition) is 1. The first kappa shape index (κ1) is 10.5. The van der Waals surface area contributed by atoms with Crippen LogP contribution in [0.5, 0.6) is 0 Å². The molecule has 3 nitrogen and oxygen atoms in total. The van der Waals surface area contributed by atoms with Crippen molar-refractivity contribution in [1.82, 2.24) is 4.90 Å². The Morgan fingerprint density at radius 2 is 1.85 bits per heavy atom. The van der Waals surface area contributed by atoms with Crippen molar-refractivity contribution in [3.8, 4) is 0 Å². The molecule has 1 aliphatic rings. The Kier molecular flexibility index (Phi) is 4.22. The summed E-state index contributed by atoms with van der Waals surface area (Å²) in [6.45, 7) is 4.17. The molecule has 0 radical (unpaired) electrons. The minimum atomic E-state index is -0.684. The molecule has 0 saturated carbocycles. The molecule has 1 N–H and O–H groups in total. The summed E-state index contributed by atoms with van der Waals surface area (Å²) in [4.78, 5) is 12.8. The molecule has 1 heterocycles. The number of carboxylic acids is 1. The number of aliphatic carboxylic acids is 1. The van der Waals surface area contributed by atoms with E-state index in [1.807, 2.05) is 6.92 Å². The maximum absolute atomic E-state index is 10.5. The summed E-state index contributed by atoms with van der Waals surface area (Å²) in [5, 5.41) is 8.66. The van der Waals surface area contributed by atoms with E-state index < -0.39 is 5.97 Å². The number of nitrogens with zero attached hydrogens (tertiary/aromatic N) is 1. The van der Waals surface area contributed by atoms with Crippen LogP contribution < -0.4 is 0 Å². The lowest BCUT2D eigenvalue weighted by atomic mass is 10.2. The Hall–Kier alpha value is -0.570. The van der Waals surface area contributed by atoms with Gasteiger partial charge in [0.25, 0.3) is 0 Å². The molecule has 1 rings (SSSR count). The topological polar surface area (TPSA) is 40.5 Å². The van der Waals surface area contributed by atoms with Crippen LogP contribution >= 0.6 is 0 Å². The van der Waals surface area contributed by atoms with E-state index in [1.54, 1.807) is 0 Å². The molecule has 1 unspecified atom stereocenters. The fourth-order valence-corrected chi connectivity index (χ4v) is 1.92. The zero-order valence-electron chi connectivity index (χ0n) is 8.33. The van der Waals surface area contributed by atoms with E-state index in [0.717, 1.165) is 13.1 Å². The highest BCUT2D eigenvalue weighted by Gasteiger charge is 2.17. The van der Waals surface area contributed by atoms with Crippen molar-refractivity contribution in [3.63, 3.8) is 0 Å². The molecule has 0 aromatic heterocycles. The largest absolute Gasteiger partial charge is 0.481 e. The average Bonchev–Trinajstić information content (AvgIpc) is 2.29. The van der Waals surface area contributed by atoms with Crippen LogP contribution in [0.2, 0.25) is 0 Å². The second kappa shape index (κ2) is 5.22. The average molecular weight is 185 g/mol. The lowest BCUT2D eigenvalue weighted by Gasteiger charge is -2.26. The Morgan fingerprint density at radius 1 is 1.31 bits per heavy atom. The quantitative estimate of drug-likeness (QED) is 0.728. The fraction of sp³-hybridized carbons (Fsp3) is 0.900. The van der Waals surface area contributed by atoms with Crippen LogP contribution in [0.3, 0.4) is 0 Å². The molecule has 1 saturated heterocycles. The molecule has 0 aromatic carbocycles. The fourth-order valence-electron chi connectivity index (χ4n) is 1.92. The molecule has 0 aromatic rings. The predicted molar refractivity (Wildman–Crippen MR) is 51.8 cm³/mol. The Morgan fingerprint density at radius 3 is 2.31 bits per heavy atom. The van der Waals surface area contributed by atoms with Gasteiger partial charge in [-0.05, 0) is 32.9 Å². The van der Waals surface area contributed by atoms with Gasteiger partial charge in [0.1, 0.15) is 0 Å². The highest BCUT2D eigenvalue weighted by Crippen LogP contribution is 2.13. The van der Waals surface area contributed by atoms with Crippen LogP contribution in [-0.4, -0.2) is 35.1 Å². The van der Waals surface area contributed by atoms with Crippen molar-refractivity contribution < 1.29 is 9.90 Å². The smallest absolute Gasteiger partial charge is 0.304 e. The van der Waals surface area contributed by atoms with Crippen molar-refractivity contribution >= 4 is 5.97 Å². The van der Waals surface area contributed by atoms with Gasteiger partial charge in [-0.1, -0.05) is 12.8 Å². The normalized spacial score (nSPS) is 22.2. The number of carboxylic acid groups (broad SMARTS) is 1. The highest BCUT2D eigenvalue weighted by atomic mass is 16.4. The van der Waals surface area contributed by atoms with Gasteiger partial charge in [0.2, 0.25) is 0 Å². The van der Waals surface area contributed by atoms with Gasteiger partial charge in [-0.15, -0.1) is 0 Å².